The Bertz CT molecular complexity index is 363. The van der Waals surface area contributed by atoms with Crippen LogP contribution in [0.1, 0.15) is 19.4 Å². The first kappa shape index (κ1) is 13.7. The average molecular weight is 241 g/mol. The van der Waals surface area contributed by atoms with Gasteiger partial charge in [0.05, 0.1) is 19.3 Å². The van der Waals surface area contributed by atoms with Crippen molar-refractivity contribution in [1.29, 1.82) is 0 Å². The van der Waals surface area contributed by atoms with E-state index in [1.807, 2.05) is 13.8 Å². The van der Waals surface area contributed by atoms with Crippen molar-refractivity contribution in [2.75, 3.05) is 6.61 Å². The van der Waals surface area contributed by atoms with Gasteiger partial charge in [-0.25, -0.2) is 0 Å². The summed E-state index contributed by atoms with van der Waals surface area (Å²) in [5, 5.41) is 24.8. The molecule has 0 aliphatic heterocycles. The molecule has 6 nitrogen and oxygen atoms in total. The van der Waals surface area contributed by atoms with Gasteiger partial charge in [0, 0.05) is 18.3 Å². The predicted octanol–water partition coefficient (Wildman–Crippen LogP) is 0.0742. The molecular formula is C11H19N3O3. The fraction of sp³-hybridized carbons (Fsp3) is 0.636. The maximum Gasteiger partial charge on any atom is 0.320 e. The minimum atomic E-state index is -0.845. The molecule has 0 radical (unpaired) electrons. The molecule has 1 aromatic rings. The maximum atomic E-state index is 11.0. The Morgan fingerprint density at radius 1 is 1.59 bits per heavy atom. The molecule has 0 fully saturated rings. The van der Waals surface area contributed by atoms with Gasteiger partial charge in [-0.1, -0.05) is 13.8 Å². The fourth-order valence-electron chi connectivity index (χ4n) is 1.56. The third-order valence-corrected chi connectivity index (χ3v) is 2.47. The third-order valence-electron chi connectivity index (χ3n) is 2.47. The van der Waals surface area contributed by atoms with Crippen LogP contribution in [0.3, 0.4) is 0 Å². The SMILES string of the molecule is CC(C)C(NCc1cnn(CCO)c1)C(=O)O. The van der Waals surface area contributed by atoms with E-state index >= 15 is 0 Å². The van der Waals surface area contributed by atoms with Crippen molar-refractivity contribution in [3.8, 4) is 0 Å². The van der Waals surface area contributed by atoms with Gasteiger partial charge in [0.2, 0.25) is 0 Å². The molecule has 3 N–H and O–H groups in total. The number of nitrogens with one attached hydrogen (secondary N) is 1. The quantitative estimate of drug-likeness (QED) is 0.629. The highest BCUT2D eigenvalue weighted by molar-refractivity contribution is 5.73. The van der Waals surface area contributed by atoms with Crippen LogP contribution in [0.15, 0.2) is 12.4 Å². The molecular weight excluding hydrogens is 222 g/mol. The second-order valence-corrected chi connectivity index (χ2v) is 4.28. The zero-order valence-electron chi connectivity index (χ0n) is 10.1. The smallest absolute Gasteiger partial charge is 0.320 e. The van der Waals surface area contributed by atoms with E-state index in [0.717, 1.165) is 5.56 Å². The highest BCUT2D eigenvalue weighted by Crippen LogP contribution is 2.04. The van der Waals surface area contributed by atoms with Crippen LogP contribution in [0, 0.1) is 5.92 Å². The Kier molecular flexibility index (Phi) is 5.11. The van der Waals surface area contributed by atoms with Gasteiger partial charge >= 0.3 is 5.97 Å². The molecule has 0 aliphatic carbocycles. The van der Waals surface area contributed by atoms with Crippen LogP contribution in [0.5, 0.6) is 0 Å². The first-order chi connectivity index (χ1) is 8.04. The van der Waals surface area contributed by atoms with E-state index in [0.29, 0.717) is 13.1 Å². The first-order valence-corrected chi connectivity index (χ1v) is 5.63. The van der Waals surface area contributed by atoms with Gasteiger partial charge < -0.3 is 10.2 Å². The molecule has 6 heteroatoms. The summed E-state index contributed by atoms with van der Waals surface area (Å²) in [6, 6.07) is -0.559. The monoisotopic (exact) mass is 241 g/mol. The molecule has 1 rings (SSSR count). The lowest BCUT2D eigenvalue weighted by Crippen LogP contribution is -2.40. The number of carboxylic acids is 1. The van der Waals surface area contributed by atoms with Crippen molar-refractivity contribution in [1.82, 2.24) is 15.1 Å². The molecule has 1 aromatic heterocycles. The summed E-state index contributed by atoms with van der Waals surface area (Å²) in [5.74, 6) is -0.817. The van der Waals surface area contributed by atoms with Crippen LogP contribution in [-0.4, -0.2) is 38.6 Å². The van der Waals surface area contributed by atoms with Crippen molar-refractivity contribution in [3.63, 3.8) is 0 Å². The Balaban J connectivity index is 2.50. The van der Waals surface area contributed by atoms with Crippen molar-refractivity contribution in [3.05, 3.63) is 18.0 Å². The van der Waals surface area contributed by atoms with E-state index < -0.39 is 12.0 Å². The van der Waals surface area contributed by atoms with Crippen LogP contribution < -0.4 is 5.32 Å². The number of nitrogens with zero attached hydrogens (tertiary/aromatic N) is 2. The fourth-order valence-corrected chi connectivity index (χ4v) is 1.56. The van der Waals surface area contributed by atoms with Gasteiger partial charge in [-0.3, -0.25) is 14.8 Å². The van der Waals surface area contributed by atoms with E-state index in [1.54, 1.807) is 17.1 Å². The van der Waals surface area contributed by atoms with Gasteiger partial charge in [-0.2, -0.15) is 5.10 Å². The number of aliphatic hydroxyl groups excluding tert-OH is 1. The number of aliphatic hydroxyl groups is 1. The second kappa shape index (κ2) is 6.36. The zero-order valence-corrected chi connectivity index (χ0v) is 10.1. The average Bonchev–Trinajstić information content (AvgIpc) is 2.65. The molecule has 0 aromatic carbocycles. The van der Waals surface area contributed by atoms with Gasteiger partial charge in [-0.05, 0) is 5.92 Å². The van der Waals surface area contributed by atoms with Crippen molar-refractivity contribution in [2.24, 2.45) is 5.92 Å². The number of carbonyl (C=O) groups is 1. The van der Waals surface area contributed by atoms with Crippen molar-refractivity contribution in [2.45, 2.75) is 33.0 Å². The summed E-state index contributed by atoms with van der Waals surface area (Å²) >= 11 is 0. The summed E-state index contributed by atoms with van der Waals surface area (Å²) < 4.78 is 1.63. The van der Waals surface area contributed by atoms with Gasteiger partial charge in [0.15, 0.2) is 0 Å². The number of hydrogen-bond donors (Lipinski definition) is 3. The highest BCUT2D eigenvalue weighted by atomic mass is 16.4. The Morgan fingerprint density at radius 2 is 2.29 bits per heavy atom. The van der Waals surface area contributed by atoms with E-state index in [-0.39, 0.29) is 12.5 Å². The van der Waals surface area contributed by atoms with Crippen molar-refractivity contribution < 1.29 is 15.0 Å². The zero-order chi connectivity index (χ0) is 12.8. The van der Waals surface area contributed by atoms with Crippen LogP contribution in [0.25, 0.3) is 0 Å². The summed E-state index contributed by atoms with van der Waals surface area (Å²) in [7, 11) is 0. The number of rotatable bonds is 7. The predicted molar refractivity (Wildman–Crippen MR) is 62.4 cm³/mol. The van der Waals surface area contributed by atoms with Crippen molar-refractivity contribution >= 4 is 5.97 Å². The number of aromatic nitrogens is 2. The van der Waals surface area contributed by atoms with E-state index in [9.17, 15) is 4.79 Å². The van der Waals surface area contributed by atoms with Crippen LogP contribution in [0.2, 0.25) is 0 Å². The molecule has 0 bridgehead atoms. The summed E-state index contributed by atoms with van der Waals surface area (Å²) in [5.41, 5.74) is 0.908. The van der Waals surface area contributed by atoms with Crippen LogP contribution in [0.4, 0.5) is 0 Å². The summed E-state index contributed by atoms with van der Waals surface area (Å²) in [4.78, 5) is 11.0. The molecule has 96 valence electrons. The lowest BCUT2D eigenvalue weighted by molar-refractivity contribution is -0.140. The lowest BCUT2D eigenvalue weighted by Gasteiger charge is -2.17. The van der Waals surface area contributed by atoms with Gasteiger partial charge in [-0.15, -0.1) is 0 Å². The summed E-state index contributed by atoms with van der Waals surface area (Å²) in [6.45, 7) is 4.67. The lowest BCUT2D eigenvalue weighted by atomic mass is 10.0. The molecule has 1 unspecified atom stereocenters. The Labute approximate surface area is 100 Å². The molecule has 0 saturated carbocycles. The molecule has 0 saturated heterocycles. The minimum Gasteiger partial charge on any atom is -0.480 e. The molecule has 17 heavy (non-hydrogen) atoms. The Hall–Kier alpha value is -1.40. The molecule has 0 spiro atoms. The minimum absolute atomic E-state index is 0.0278. The number of hydrogen-bond acceptors (Lipinski definition) is 4. The normalized spacial score (nSPS) is 12.9. The Morgan fingerprint density at radius 3 is 2.82 bits per heavy atom. The first-order valence-electron chi connectivity index (χ1n) is 5.63. The highest BCUT2D eigenvalue weighted by Gasteiger charge is 2.20. The standard InChI is InChI=1S/C11H19N3O3/c1-8(2)10(11(16)17)12-5-9-6-13-14(7-9)3-4-15/h6-8,10,12,15H,3-5H2,1-2H3,(H,16,17). The second-order valence-electron chi connectivity index (χ2n) is 4.28. The maximum absolute atomic E-state index is 11.0. The molecule has 1 heterocycles. The van der Waals surface area contributed by atoms with E-state index in [4.69, 9.17) is 10.2 Å². The molecule has 1 atom stereocenters. The third kappa shape index (κ3) is 4.16. The van der Waals surface area contributed by atoms with E-state index in [2.05, 4.69) is 10.4 Å². The van der Waals surface area contributed by atoms with Crippen LogP contribution >= 0.6 is 0 Å². The van der Waals surface area contributed by atoms with Gasteiger partial charge in [0.1, 0.15) is 6.04 Å². The van der Waals surface area contributed by atoms with Crippen LogP contribution in [-0.2, 0) is 17.9 Å². The molecule has 0 aliphatic rings. The number of aliphatic carboxylic acids is 1. The van der Waals surface area contributed by atoms with E-state index in [1.165, 1.54) is 0 Å². The topological polar surface area (TPSA) is 87.4 Å². The molecule has 0 amide bonds. The largest absolute Gasteiger partial charge is 0.480 e. The van der Waals surface area contributed by atoms with Gasteiger partial charge in [0.25, 0.3) is 0 Å². The number of carboxylic acid groups (broad SMARTS) is 1. The summed E-state index contributed by atoms with van der Waals surface area (Å²) in [6.07, 6.45) is 3.46.